The number of H-pyrrole nitrogens is 2. The van der Waals surface area contributed by atoms with Crippen molar-refractivity contribution in [1.29, 1.82) is 0 Å². The summed E-state index contributed by atoms with van der Waals surface area (Å²) < 4.78 is 0. The summed E-state index contributed by atoms with van der Waals surface area (Å²) >= 11 is 12.1. The molecule has 3 N–H and O–H groups in total. The summed E-state index contributed by atoms with van der Waals surface area (Å²) in [6, 6.07) is 13.0. The lowest BCUT2D eigenvalue weighted by Crippen LogP contribution is -1.83. The van der Waals surface area contributed by atoms with Crippen molar-refractivity contribution in [3.63, 3.8) is 0 Å². The normalized spacial score (nSPS) is 11.3. The molecule has 0 aliphatic carbocycles. The summed E-state index contributed by atoms with van der Waals surface area (Å²) in [6.07, 6.45) is 0. The zero-order valence-corrected chi connectivity index (χ0v) is 13.9. The minimum absolute atomic E-state index is 0.0240. The maximum Gasteiger partial charge on any atom is 0.156 e. The SMILES string of the molecule is OCc1ccc(-c2cc(-c3nc4cc(Cl)c(Cl)cc4[nH]3)[nH]n2)cc1. The van der Waals surface area contributed by atoms with Crippen LogP contribution >= 0.6 is 23.2 Å². The van der Waals surface area contributed by atoms with Crippen molar-refractivity contribution in [2.24, 2.45) is 0 Å². The zero-order valence-electron chi connectivity index (χ0n) is 12.3. The molecule has 0 aliphatic heterocycles. The fourth-order valence-electron chi connectivity index (χ4n) is 2.50. The molecule has 24 heavy (non-hydrogen) atoms. The van der Waals surface area contributed by atoms with Crippen LogP contribution < -0.4 is 0 Å². The lowest BCUT2D eigenvalue weighted by Gasteiger charge is -1.98. The van der Waals surface area contributed by atoms with Gasteiger partial charge in [-0.25, -0.2) is 4.98 Å². The van der Waals surface area contributed by atoms with Crippen LogP contribution in [-0.4, -0.2) is 25.3 Å². The topological polar surface area (TPSA) is 77.6 Å². The highest BCUT2D eigenvalue weighted by molar-refractivity contribution is 6.42. The van der Waals surface area contributed by atoms with Gasteiger partial charge in [0.25, 0.3) is 0 Å². The molecule has 0 amide bonds. The molecule has 0 radical (unpaired) electrons. The third kappa shape index (κ3) is 2.67. The largest absolute Gasteiger partial charge is 0.392 e. The summed E-state index contributed by atoms with van der Waals surface area (Å²) in [6.45, 7) is 0.0240. The highest BCUT2D eigenvalue weighted by atomic mass is 35.5. The smallest absolute Gasteiger partial charge is 0.156 e. The van der Waals surface area contributed by atoms with Gasteiger partial charge in [-0.1, -0.05) is 47.5 Å². The fourth-order valence-corrected chi connectivity index (χ4v) is 2.83. The van der Waals surface area contributed by atoms with Gasteiger partial charge in [-0.2, -0.15) is 5.10 Å². The van der Waals surface area contributed by atoms with Gasteiger partial charge in [-0.15, -0.1) is 0 Å². The predicted molar refractivity (Wildman–Crippen MR) is 95.1 cm³/mol. The number of fused-ring (bicyclic) bond motifs is 1. The van der Waals surface area contributed by atoms with E-state index in [4.69, 9.17) is 28.3 Å². The molecule has 4 aromatic rings. The van der Waals surface area contributed by atoms with Crippen molar-refractivity contribution in [3.05, 3.63) is 58.1 Å². The van der Waals surface area contributed by atoms with Crippen molar-refractivity contribution < 1.29 is 5.11 Å². The van der Waals surface area contributed by atoms with E-state index in [0.717, 1.165) is 33.5 Å². The molecule has 4 rings (SSSR count). The van der Waals surface area contributed by atoms with E-state index in [0.29, 0.717) is 15.9 Å². The summed E-state index contributed by atoms with van der Waals surface area (Å²) in [5.41, 5.74) is 4.92. The molecular formula is C17H12Cl2N4O. The third-order valence-electron chi connectivity index (χ3n) is 3.79. The zero-order chi connectivity index (χ0) is 16.7. The molecule has 5 nitrogen and oxygen atoms in total. The Bertz CT molecular complexity index is 982. The van der Waals surface area contributed by atoms with Gasteiger partial charge in [0.05, 0.1) is 33.4 Å². The average Bonchev–Trinajstić information content (AvgIpc) is 3.22. The van der Waals surface area contributed by atoms with Crippen LogP contribution in [0.25, 0.3) is 33.8 Å². The Balaban J connectivity index is 1.71. The number of benzene rings is 2. The van der Waals surface area contributed by atoms with E-state index in [-0.39, 0.29) is 6.61 Å². The Hall–Kier alpha value is -2.34. The number of hydrogen-bond acceptors (Lipinski definition) is 3. The van der Waals surface area contributed by atoms with Crippen molar-refractivity contribution >= 4 is 34.2 Å². The average molecular weight is 359 g/mol. The first-order valence-corrected chi connectivity index (χ1v) is 8.00. The van der Waals surface area contributed by atoms with Gasteiger partial charge >= 0.3 is 0 Å². The molecular weight excluding hydrogens is 347 g/mol. The summed E-state index contributed by atoms with van der Waals surface area (Å²) in [5, 5.41) is 17.4. The van der Waals surface area contributed by atoms with E-state index >= 15 is 0 Å². The fraction of sp³-hybridized carbons (Fsp3) is 0.0588. The molecule has 2 aromatic carbocycles. The van der Waals surface area contributed by atoms with Crippen LogP contribution in [0.5, 0.6) is 0 Å². The second-order valence-electron chi connectivity index (χ2n) is 5.39. The van der Waals surface area contributed by atoms with Crippen LogP contribution in [0.15, 0.2) is 42.5 Å². The van der Waals surface area contributed by atoms with Gasteiger partial charge in [-0.3, -0.25) is 5.10 Å². The number of aliphatic hydroxyl groups is 1. The number of hydrogen-bond donors (Lipinski definition) is 3. The lowest BCUT2D eigenvalue weighted by atomic mass is 10.1. The minimum Gasteiger partial charge on any atom is -0.392 e. The molecule has 2 heterocycles. The highest BCUT2D eigenvalue weighted by Crippen LogP contribution is 2.29. The lowest BCUT2D eigenvalue weighted by molar-refractivity contribution is 0.282. The molecule has 0 fully saturated rings. The number of aromatic nitrogens is 4. The van der Waals surface area contributed by atoms with Crippen LogP contribution in [0.3, 0.4) is 0 Å². The van der Waals surface area contributed by atoms with Gasteiger partial charge in [0, 0.05) is 5.56 Å². The van der Waals surface area contributed by atoms with Crippen LogP contribution in [0, 0.1) is 0 Å². The Morgan fingerprint density at radius 2 is 1.75 bits per heavy atom. The maximum absolute atomic E-state index is 9.11. The number of imidazole rings is 1. The number of rotatable bonds is 3. The highest BCUT2D eigenvalue weighted by Gasteiger charge is 2.11. The maximum atomic E-state index is 9.11. The number of nitrogens with one attached hydrogen (secondary N) is 2. The molecule has 0 atom stereocenters. The number of nitrogens with zero attached hydrogens (tertiary/aromatic N) is 2. The predicted octanol–water partition coefficient (Wildman–Crippen LogP) is 4.42. The first kappa shape index (κ1) is 15.2. The molecule has 0 bridgehead atoms. The molecule has 0 unspecified atom stereocenters. The van der Waals surface area contributed by atoms with Gasteiger partial charge < -0.3 is 10.1 Å². The van der Waals surface area contributed by atoms with E-state index in [2.05, 4.69) is 20.2 Å². The summed E-state index contributed by atoms with van der Waals surface area (Å²) in [7, 11) is 0. The molecule has 120 valence electrons. The first-order chi connectivity index (χ1) is 11.6. The molecule has 2 aromatic heterocycles. The quantitative estimate of drug-likeness (QED) is 0.507. The van der Waals surface area contributed by atoms with E-state index in [9.17, 15) is 0 Å². The Labute approximate surface area is 147 Å². The van der Waals surface area contributed by atoms with Crippen molar-refractivity contribution in [1.82, 2.24) is 20.2 Å². The van der Waals surface area contributed by atoms with E-state index in [1.54, 1.807) is 12.1 Å². The van der Waals surface area contributed by atoms with Crippen LogP contribution in [0.1, 0.15) is 5.56 Å². The molecule has 0 aliphatic rings. The molecule has 0 spiro atoms. The second kappa shape index (κ2) is 5.94. The van der Waals surface area contributed by atoms with Gasteiger partial charge in [0.1, 0.15) is 5.69 Å². The number of aliphatic hydroxyl groups excluding tert-OH is 1. The number of aromatic amines is 2. The van der Waals surface area contributed by atoms with Crippen LogP contribution in [-0.2, 0) is 6.61 Å². The Morgan fingerprint density at radius 3 is 2.50 bits per heavy atom. The molecule has 0 saturated carbocycles. The van der Waals surface area contributed by atoms with E-state index in [1.807, 2.05) is 30.3 Å². The standard InChI is InChI=1S/C17H12Cl2N4O/c18-11-5-14-15(6-12(11)19)21-17(20-14)16-7-13(22-23-16)10-3-1-9(8-24)2-4-10/h1-7,24H,8H2,(H,20,21)(H,22,23). The third-order valence-corrected chi connectivity index (χ3v) is 4.51. The van der Waals surface area contributed by atoms with Crippen LogP contribution in [0.2, 0.25) is 10.0 Å². The summed E-state index contributed by atoms with van der Waals surface area (Å²) in [4.78, 5) is 7.72. The van der Waals surface area contributed by atoms with Gasteiger partial charge in [-0.05, 0) is 23.8 Å². The van der Waals surface area contributed by atoms with E-state index < -0.39 is 0 Å². The Kier molecular flexibility index (Phi) is 3.76. The monoisotopic (exact) mass is 358 g/mol. The number of halogens is 2. The van der Waals surface area contributed by atoms with Gasteiger partial charge in [0.15, 0.2) is 5.82 Å². The summed E-state index contributed by atoms with van der Waals surface area (Å²) in [5.74, 6) is 0.661. The molecule has 0 saturated heterocycles. The van der Waals surface area contributed by atoms with Crippen LogP contribution in [0.4, 0.5) is 0 Å². The van der Waals surface area contributed by atoms with Crippen molar-refractivity contribution in [3.8, 4) is 22.8 Å². The second-order valence-corrected chi connectivity index (χ2v) is 6.21. The Morgan fingerprint density at radius 1 is 1.00 bits per heavy atom. The van der Waals surface area contributed by atoms with Gasteiger partial charge in [0.2, 0.25) is 0 Å². The van der Waals surface area contributed by atoms with Crippen molar-refractivity contribution in [2.45, 2.75) is 6.61 Å². The first-order valence-electron chi connectivity index (χ1n) is 7.25. The van der Waals surface area contributed by atoms with E-state index in [1.165, 1.54) is 0 Å². The minimum atomic E-state index is 0.0240. The van der Waals surface area contributed by atoms with Crippen molar-refractivity contribution in [2.75, 3.05) is 0 Å². The molecule has 7 heteroatoms.